The molecule has 1 aromatic heterocycles. The maximum absolute atomic E-state index is 13.7. The summed E-state index contributed by atoms with van der Waals surface area (Å²) in [7, 11) is 1.75. The van der Waals surface area contributed by atoms with Gasteiger partial charge < -0.3 is 5.32 Å². The minimum absolute atomic E-state index is 0.211. The van der Waals surface area contributed by atoms with Crippen molar-refractivity contribution in [1.82, 2.24) is 4.98 Å². The molecule has 1 aromatic carbocycles. The van der Waals surface area contributed by atoms with Crippen molar-refractivity contribution in [2.75, 3.05) is 12.4 Å². The van der Waals surface area contributed by atoms with Crippen LogP contribution in [0.2, 0.25) is 0 Å². The summed E-state index contributed by atoms with van der Waals surface area (Å²) in [5.41, 5.74) is 2.73. The molecule has 0 aliphatic rings. The molecular formula is C14H16F2N2. The minimum atomic E-state index is -0.625. The zero-order chi connectivity index (χ0) is 13.4. The van der Waals surface area contributed by atoms with Crippen LogP contribution in [0.3, 0.4) is 0 Å². The smallest absolute Gasteiger partial charge is 0.152 e. The summed E-state index contributed by atoms with van der Waals surface area (Å²) in [6.07, 6.45) is 0. The van der Waals surface area contributed by atoms with Crippen LogP contribution in [0.1, 0.15) is 31.0 Å². The molecule has 96 valence electrons. The van der Waals surface area contributed by atoms with Crippen molar-refractivity contribution in [3.63, 3.8) is 0 Å². The number of fused-ring (bicyclic) bond motifs is 1. The van der Waals surface area contributed by atoms with Crippen LogP contribution in [-0.4, -0.2) is 12.0 Å². The molecule has 0 aliphatic carbocycles. The number of benzene rings is 1. The third-order valence-corrected chi connectivity index (χ3v) is 3.06. The molecule has 0 bridgehead atoms. The summed E-state index contributed by atoms with van der Waals surface area (Å²) in [5.74, 6) is -0.979. The largest absolute Gasteiger partial charge is 0.387 e. The first-order chi connectivity index (χ1) is 8.45. The van der Waals surface area contributed by atoms with Crippen LogP contribution in [0.25, 0.3) is 10.9 Å². The number of pyridine rings is 1. The Morgan fingerprint density at radius 1 is 1.22 bits per heavy atom. The monoisotopic (exact) mass is 250 g/mol. The first kappa shape index (κ1) is 12.7. The van der Waals surface area contributed by atoms with E-state index in [4.69, 9.17) is 0 Å². The molecule has 18 heavy (non-hydrogen) atoms. The van der Waals surface area contributed by atoms with Gasteiger partial charge in [0, 0.05) is 29.9 Å². The standard InChI is InChI=1S/C14H16F2N2/c1-7(2)12-8(3)18-13-10(14(12)17-4)5-9(15)6-11(13)16/h5-7H,1-4H3,(H,17,18). The van der Waals surface area contributed by atoms with Gasteiger partial charge in [0.25, 0.3) is 0 Å². The lowest BCUT2D eigenvalue weighted by Crippen LogP contribution is -2.05. The fraction of sp³-hybridized carbons (Fsp3) is 0.357. The predicted octanol–water partition coefficient (Wildman–Crippen LogP) is 3.99. The van der Waals surface area contributed by atoms with E-state index in [0.29, 0.717) is 5.39 Å². The lowest BCUT2D eigenvalue weighted by molar-refractivity contribution is 0.590. The normalized spacial score (nSPS) is 11.3. The number of aryl methyl sites for hydroxylation is 1. The van der Waals surface area contributed by atoms with Crippen molar-refractivity contribution < 1.29 is 8.78 Å². The number of anilines is 1. The Morgan fingerprint density at radius 2 is 1.89 bits per heavy atom. The average molecular weight is 250 g/mol. The van der Waals surface area contributed by atoms with Crippen molar-refractivity contribution in [2.24, 2.45) is 0 Å². The number of nitrogens with one attached hydrogen (secondary N) is 1. The van der Waals surface area contributed by atoms with Gasteiger partial charge in [-0.25, -0.2) is 13.8 Å². The first-order valence-corrected chi connectivity index (χ1v) is 5.92. The van der Waals surface area contributed by atoms with Gasteiger partial charge in [0.1, 0.15) is 11.3 Å². The van der Waals surface area contributed by atoms with Crippen LogP contribution >= 0.6 is 0 Å². The van der Waals surface area contributed by atoms with E-state index in [9.17, 15) is 8.78 Å². The molecule has 1 N–H and O–H groups in total. The van der Waals surface area contributed by atoms with E-state index < -0.39 is 11.6 Å². The third-order valence-electron chi connectivity index (χ3n) is 3.06. The van der Waals surface area contributed by atoms with Crippen LogP contribution in [0, 0.1) is 18.6 Å². The topological polar surface area (TPSA) is 24.9 Å². The van der Waals surface area contributed by atoms with Crippen molar-refractivity contribution >= 4 is 16.6 Å². The molecule has 2 aromatic rings. The number of aromatic nitrogens is 1. The second-order valence-electron chi connectivity index (χ2n) is 4.67. The molecule has 1 heterocycles. The predicted molar refractivity (Wildman–Crippen MR) is 70.0 cm³/mol. The van der Waals surface area contributed by atoms with Crippen LogP contribution in [0.15, 0.2) is 12.1 Å². The van der Waals surface area contributed by atoms with Crippen molar-refractivity contribution in [3.05, 3.63) is 35.0 Å². The van der Waals surface area contributed by atoms with Crippen molar-refractivity contribution in [1.29, 1.82) is 0 Å². The van der Waals surface area contributed by atoms with Crippen molar-refractivity contribution in [2.45, 2.75) is 26.7 Å². The summed E-state index contributed by atoms with van der Waals surface area (Å²) in [6.45, 7) is 5.91. The van der Waals surface area contributed by atoms with Crippen LogP contribution in [-0.2, 0) is 0 Å². The van der Waals surface area contributed by atoms with E-state index in [2.05, 4.69) is 10.3 Å². The minimum Gasteiger partial charge on any atom is -0.387 e. The van der Waals surface area contributed by atoms with Gasteiger partial charge in [-0.3, -0.25) is 0 Å². The SMILES string of the molecule is CNc1c(C(C)C)c(C)nc2c(F)cc(F)cc12. The van der Waals surface area contributed by atoms with E-state index in [1.165, 1.54) is 6.07 Å². The highest BCUT2D eigenvalue weighted by molar-refractivity contribution is 5.94. The van der Waals surface area contributed by atoms with Crippen LogP contribution < -0.4 is 5.32 Å². The molecule has 0 fully saturated rings. The Bertz CT molecular complexity index is 607. The van der Waals surface area contributed by atoms with E-state index >= 15 is 0 Å². The third kappa shape index (κ3) is 1.92. The molecule has 0 amide bonds. The number of nitrogens with zero attached hydrogens (tertiary/aromatic N) is 1. The Kier molecular flexibility index (Phi) is 3.20. The molecule has 2 rings (SSSR count). The van der Waals surface area contributed by atoms with E-state index in [1.54, 1.807) is 7.05 Å². The number of hydrogen-bond acceptors (Lipinski definition) is 2. The highest BCUT2D eigenvalue weighted by Gasteiger charge is 2.17. The second-order valence-corrected chi connectivity index (χ2v) is 4.67. The Labute approximate surface area is 105 Å². The lowest BCUT2D eigenvalue weighted by atomic mass is 9.96. The second kappa shape index (κ2) is 4.52. The number of halogens is 2. The molecule has 0 spiro atoms. The fourth-order valence-electron chi connectivity index (χ4n) is 2.40. The van der Waals surface area contributed by atoms with Gasteiger partial charge in [-0.2, -0.15) is 0 Å². The molecule has 0 saturated carbocycles. The van der Waals surface area contributed by atoms with E-state index in [1.807, 2.05) is 20.8 Å². The van der Waals surface area contributed by atoms with Gasteiger partial charge in [-0.15, -0.1) is 0 Å². The number of hydrogen-bond donors (Lipinski definition) is 1. The molecule has 0 radical (unpaired) electrons. The van der Waals surface area contributed by atoms with Crippen LogP contribution in [0.5, 0.6) is 0 Å². The maximum atomic E-state index is 13.7. The summed E-state index contributed by atoms with van der Waals surface area (Å²) in [5, 5.41) is 3.53. The first-order valence-electron chi connectivity index (χ1n) is 5.92. The lowest BCUT2D eigenvalue weighted by Gasteiger charge is -2.18. The van der Waals surface area contributed by atoms with Gasteiger partial charge >= 0.3 is 0 Å². The van der Waals surface area contributed by atoms with E-state index in [-0.39, 0.29) is 11.4 Å². The summed E-state index contributed by atoms with van der Waals surface area (Å²) < 4.78 is 27.1. The summed E-state index contributed by atoms with van der Waals surface area (Å²) >= 11 is 0. The zero-order valence-corrected chi connectivity index (χ0v) is 10.9. The molecular weight excluding hydrogens is 234 g/mol. The average Bonchev–Trinajstić information content (AvgIpc) is 2.28. The molecule has 2 nitrogen and oxygen atoms in total. The van der Waals surface area contributed by atoms with Crippen LogP contribution in [0.4, 0.5) is 14.5 Å². The van der Waals surface area contributed by atoms with Gasteiger partial charge in [0.2, 0.25) is 0 Å². The molecule has 0 saturated heterocycles. The quantitative estimate of drug-likeness (QED) is 0.871. The molecule has 4 heteroatoms. The highest BCUT2D eigenvalue weighted by atomic mass is 19.1. The molecule has 0 aliphatic heterocycles. The summed E-state index contributed by atoms with van der Waals surface area (Å²) in [4.78, 5) is 4.26. The fourth-order valence-corrected chi connectivity index (χ4v) is 2.40. The Morgan fingerprint density at radius 3 is 2.44 bits per heavy atom. The Hall–Kier alpha value is -1.71. The van der Waals surface area contributed by atoms with Gasteiger partial charge in [0.15, 0.2) is 5.82 Å². The highest BCUT2D eigenvalue weighted by Crippen LogP contribution is 2.34. The van der Waals surface area contributed by atoms with Gasteiger partial charge in [-0.05, 0) is 24.5 Å². The maximum Gasteiger partial charge on any atom is 0.152 e. The Balaban J connectivity index is 2.94. The van der Waals surface area contributed by atoms with Gasteiger partial charge in [-0.1, -0.05) is 13.8 Å². The summed E-state index contributed by atoms with van der Waals surface area (Å²) in [6, 6.07) is 2.19. The number of rotatable bonds is 2. The zero-order valence-electron chi connectivity index (χ0n) is 10.9. The van der Waals surface area contributed by atoms with E-state index in [0.717, 1.165) is 23.0 Å². The molecule has 0 unspecified atom stereocenters. The van der Waals surface area contributed by atoms with Gasteiger partial charge in [0.05, 0.1) is 0 Å². The van der Waals surface area contributed by atoms with Crippen molar-refractivity contribution in [3.8, 4) is 0 Å². The molecule has 0 atom stereocenters.